The van der Waals surface area contributed by atoms with Gasteiger partial charge in [-0.2, -0.15) is 5.10 Å². The van der Waals surface area contributed by atoms with Gasteiger partial charge in [0.2, 0.25) is 0 Å². The smallest absolute Gasteiger partial charge is 0.277 e. The van der Waals surface area contributed by atoms with Crippen molar-refractivity contribution in [2.45, 2.75) is 32.7 Å². The largest absolute Gasteiger partial charge is 0.384 e. The third kappa shape index (κ3) is 4.62. The van der Waals surface area contributed by atoms with E-state index < -0.39 is 0 Å². The van der Waals surface area contributed by atoms with E-state index in [1.807, 2.05) is 24.7 Å². The first-order valence-corrected chi connectivity index (χ1v) is 9.28. The lowest BCUT2D eigenvalue weighted by Crippen LogP contribution is -2.29. The first-order valence-electron chi connectivity index (χ1n) is 9.28. The minimum Gasteiger partial charge on any atom is -0.384 e. The van der Waals surface area contributed by atoms with E-state index in [-0.39, 0.29) is 11.6 Å². The number of piperidine rings is 1. The average Bonchev–Trinajstić information content (AvgIpc) is 3.41. The van der Waals surface area contributed by atoms with E-state index in [4.69, 9.17) is 4.52 Å². The molecule has 9 nitrogen and oxygen atoms in total. The fraction of sp³-hybridized carbons (Fsp3) is 0.444. The van der Waals surface area contributed by atoms with Gasteiger partial charge in [-0.1, -0.05) is 19.0 Å². The van der Waals surface area contributed by atoms with Gasteiger partial charge in [-0.05, 0) is 25.9 Å². The molecule has 1 fully saturated rings. The number of anilines is 1. The highest BCUT2D eigenvalue weighted by Crippen LogP contribution is 2.20. The highest BCUT2D eigenvalue weighted by Gasteiger charge is 2.19. The van der Waals surface area contributed by atoms with E-state index in [1.54, 1.807) is 24.7 Å². The summed E-state index contributed by atoms with van der Waals surface area (Å²) in [7, 11) is 0. The van der Waals surface area contributed by atoms with Gasteiger partial charge >= 0.3 is 0 Å². The Morgan fingerprint density at radius 2 is 2.15 bits per heavy atom. The van der Waals surface area contributed by atoms with E-state index in [2.05, 4.69) is 31.2 Å². The average molecular weight is 371 g/mol. The molecule has 3 N–H and O–H groups in total. The molecule has 27 heavy (non-hydrogen) atoms. The summed E-state index contributed by atoms with van der Waals surface area (Å²) in [6, 6.07) is 1.96. The van der Waals surface area contributed by atoms with E-state index in [1.165, 1.54) is 0 Å². The molecule has 0 radical (unpaired) electrons. The molecule has 9 heteroatoms. The van der Waals surface area contributed by atoms with Crippen LogP contribution in [0.15, 0.2) is 40.4 Å². The SMILES string of the molecule is CC.O=C(Nc1cnn(C2CCNCC2)c1)c1cc(C2=NC=CNC2)on1. The number of nitrogens with one attached hydrogen (secondary N) is 3. The van der Waals surface area contributed by atoms with E-state index >= 15 is 0 Å². The number of rotatable bonds is 4. The van der Waals surface area contributed by atoms with Gasteiger partial charge in [0, 0.05) is 24.7 Å². The van der Waals surface area contributed by atoms with Gasteiger partial charge in [0.1, 0.15) is 5.71 Å². The topological polar surface area (TPSA) is 109 Å². The second-order valence-electron chi connectivity index (χ2n) is 5.99. The third-order valence-corrected chi connectivity index (χ3v) is 4.26. The highest BCUT2D eigenvalue weighted by molar-refractivity contribution is 6.06. The summed E-state index contributed by atoms with van der Waals surface area (Å²) in [5.74, 6) is 0.146. The monoisotopic (exact) mass is 371 g/mol. The summed E-state index contributed by atoms with van der Waals surface area (Å²) in [5.41, 5.74) is 1.56. The quantitative estimate of drug-likeness (QED) is 0.758. The van der Waals surface area contributed by atoms with Gasteiger partial charge in [0.15, 0.2) is 11.5 Å². The highest BCUT2D eigenvalue weighted by atomic mass is 16.5. The molecular formula is C18H25N7O2. The first kappa shape index (κ1) is 18.8. The Balaban J connectivity index is 0.00000102. The van der Waals surface area contributed by atoms with Crippen LogP contribution in [-0.2, 0) is 0 Å². The predicted molar refractivity (Wildman–Crippen MR) is 103 cm³/mol. The Hall–Kier alpha value is -2.94. The van der Waals surface area contributed by atoms with E-state index in [0.717, 1.165) is 25.9 Å². The standard InChI is InChI=1S/C16H19N7O2.C2H6/c24-16(13-7-15(25-22-13)14-9-18-5-6-19-14)21-11-8-20-23(10-11)12-1-3-17-4-2-12;1-2/h5-8,10,12,17-18H,1-4,9H2,(H,21,24);1-2H3. The van der Waals surface area contributed by atoms with Crippen LogP contribution in [-0.4, -0.2) is 46.2 Å². The normalized spacial score (nSPS) is 16.7. The number of hydrogen-bond acceptors (Lipinski definition) is 7. The molecule has 0 aliphatic carbocycles. The molecule has 1 amide bonds. The summed E-state index contributed by atoms with van der Waals surface area (Å²) in [4.78, 5) is 16.5. The van der Waals surface area contributed by atoms with Crippen molar-refractivity contribution in [1.29, 1.82) is 0 Å². The molecule has 144 valence electrons. The molecule has 4 heterocycles. The molecule has 2 aliphatic rings. The lowest BCUT2D eigenvalue weighted by molar-refractivity contribution is 0.101. The van der Waals surface area contributed by atoms with Gasteiger partial charge in [-0.15, -0.1) is 0 Å². The van der Waals surface area contributed by atoms with Gasteiger partial charge in [0.25, 0.3) is 5.91 Å². The zero-order valence-corrected chi connectivity index (χ0v) is 15.6. The molecule has 2 aromatic heterocycles. The predicted octanol–water partition coefficient (Wildman–Crippen LogP) is 1.94. The van der Waals surface area contributed by atoms with Crippen molar-refractivity contribution >= 4 is 17.3 Å². The van der Waals surface area contributed by atoms with Gasteiger partial charge in [-0.3, -0.25) is 14.5 Å². The molecular weight excluding hydrogens is 346 g/mol. The van der Waals surface area contributed by atoms with Crippen molar-refractivity contribution in [2.24, 2.45) is 4.99 Å². The number of amides is 1. The summed E-state index contributed by atoms with van der Waals surface area (Å²) in [5, 5.41) is 17.4. The molecule has 0 aromatic carbocycles. The number of hydrogen-bond donors (Lipinski definition) is 3. The Morgan fingerprint density at radius 1 is 1.33 bits per heavy atom. The van der Waals surface area contributed by atoms with E-state index in [0.29, 0.717) is 29.7 Å². The van der Waals surface area contributed by atoms with Gasteiger partial charge < -0.3 is 20.5 Å². The number of carbonyl (C=O) groups excluding carboxylic acids is 1. The van der Waals surface area contributed by atoms with E-state index in [9.17, 15) is 4.79 Å². The van der Waals surface area contributed by atoms with Crippen LogP contribution in [0.4, 0.5) is 5.69 Å². The van der Waals surface area contributed by atoms with Crippen LogP contribution in [0.5, 0.6) is 0 Å². The number of nitrogens with zero attached hydrogens (tertiary/aromatic N) is 4. The molecule has 0 unspecified atom stereocenters. The fourth-order valence-corrected chi connectivity index (χ4v) is 2.92. The lowest BCUT2D eigenvalue weighted by Gasteiger charge is -2.22. The van der Waals surface area contributed by atoms with Crippen molar-refractivity contribution in [2.75, 3.05) is 25.0 Å². The van der Waals surface area contributed by atoms with Gasteiger partial charge in [0.05, 0.1) is 24.5 Å². The summed E-state index contributed by atoms with van der Waals surface area (Å²) >= 11 is 0. The van der Waals surface area contributed by atoms with Crippen LogP contribution in [0, 0.1) is 0 Å². The fourth-order valence-electron chi connectivity index (χ4n) is 2.92. The molecule has 0 atom stereocenters. The maximum absolute atomic E-state index is 12.3. The number of aromatic nitrogens is 3. The van der Waals surface area contributed by atoms with Gasteiger partial charge in [-0.25, -0.2) is 0 Å². The van der Waals surface area contributed by atoms with Crippen LogP contribution in [0.3, 0.4) is 0 Å². The Kier molecular flexibility index (Phi) is 6.37. The Bertz CT molecular complexity index is 815. The summed E-state index contributed by atoms with van der Waals surface area (Å²) < 4.78 is 7.14. The van der Waals surface area contributed by atoms with Crippen molar-refractivity contribution in [3.8, 4) is 0 Å². The zero-order valence-electron chi connectivity index (χ0n) is 15.6. The minimum atomic E-state index is -0.334. The maximum Gasteiger partial charge on any atom is 0.277 e. The Labute approximate surface area is 157 Å². The Morgan fingerprint density at radius 3 is 2.89 bits per heavy atom. The second-order valence-corrected chi connectivity index (χ2v) is 5.99. The van der Waals surface area contributed by atoms with Crippen molar-refractivity contribution in [3.05, 3.63) is 42.3 Å². The molecule has 1 saturated heterocycles. The van der Waals surface area contributed by atoms with Crippen molar-refractivity contribution in [1.82, 2.24) is 25.6 Å². The summed E-state index contributed by atoms with van der Waals surface area (Å²) in [6.07, 6.45) is 8.96. The number of aliphatic imine (C=N–C) groups is 1. The molecule has 4 rings (SSSR count). The number of carbonyl (C=O) groups is 1. The first-order chi connectivity index (χ1) is 13.3. The van der Waals surface area contributed by atoms with Crippen LogP contribution in [0.1, 0.15) is 49.0 Å². The maximum atomic E-state index is 12.3. The third-order valence-electron chi connectivity index (χ3n) is 4.26. The molecule has 0 saturated carbocycles. The molecule has 0 bridgehead atoms. The molecule has 0 spiro atoms. The minimum absolute atomic E-state index is 0.210. The van der Waals surface area contributed by atoms with Crippen LogP contribution >= 0.6 is 0 Å². The molecule has 2 aromatic rings. The second kappa shape index (κ2) is 9.13. The summed E-state index contributed by atoms with van der Waals surface area (Å²) in [6.45, 7) is 6.51. The molecule has 2 aliphatic heterocycles. The van der Waals surface area contributed by atoms with Crippen LogP contribution in [0.25, 0.3) is 0 Å². The lowest BCUT2D eigenvalue weighted by atomic mass is 10.1. The van der Waals surface area contributed by atoms with Crippen molar-refractivity contribution < 1.29 is 9.32 Å². The zero-order chi connectivity index (χ0) is 19.1. The van der Waals surface area contributed by atoms with Crippen LogP contribution in [0.2, 0.25) is 0 Å². The van der Waals surface area contributed by atoms with Crippen LogP contribution < -0.4 is 16.0 Å². The van der Waals surface area contributed by atoms with Crippen molar-refractivity contribution in [3.63, 3.8) is 0 Å².